The van der Waals surface area contributed by atoms with Crippen molar-refractivity contribution in [1.29, 1.82) is 0 Å². The molecule has 1 amide bonds. The highest BCUT2D eigenvalue weighted by atomic mass is 19.2. The van der Waals surface area contributed by atoms with Gasteiger partial charge in [-0.15, -0.1) is 0 Å². The van der Waals surface area contributed by atoms with E-state index in [0.717, 1.165) is 38.2 Å². The molecule has 1 saturated heterocycles. The first-order valence-corrected chi connectivity index (χ1v) is 7.61. The number of rotatable bonds is 2. The third-order valence-corrected chi connectivity index (χ3v) is 4.70. The summed E-state index contributed by atoms with van der Waals surface area (Å²) in [6.45, 7) is 2.46. The molecule has 1 saturated carbocycles. The second kappa shape index (κ2) is 5.37. The number of nitrogens with zero attached hydrogens (tertiary/aromatic N) is 1. The minimum atomic E-state index is -0.873. The average molecular weight is 294 g/mol. The maximum absolute atomic E-state index is 13.5. The van der Waals surface area contributed by atoms with E-state index < -0.39 is 17.2 Å². The van der Waals surface area contributed by atoms with Gasteiger partial charge in [0.2, 0.25) is 5.91 Å². The van der Waals surface area contributed by atoms with Crippen molar-refractivity contribution in [3.63, 3.8) is 0 Å². The van der Waals surface area contributed by atoms with Gasteiger partial charge in [-0.2, -0.15) is 0 Å². The Morgan fingerprint density at radius 2 is 1.95 bits per heavy atom. The van der Waals surface area contributed by atoms with Gasteiger partial charge in [0.15, 0.2) is 11.6 Å². The van der Waals surface area contributed by atoms with Crippen LogP contribution < -0.4 is 5.32 Å². The molecule has 0 aromatic heterocycles. The molecule has 0 radical (unpaired) electrons. The molecule has 2 fully saturated rings. The van der Waals surface area contributed by atoms with Gasteiger partial charge in [0, 0.05) is 6.54 Å². The van der Waals surface area contributed by atoms with Crippen LogP contribution in [-0.4, -0.2) is 22.9 Å². The number of amides is 1. The van der Waals surface area contributed by atoms with Crippen LogP contribution in [0.25, 0.3) is 0 Å². The summed E-state index contributed by atoms with van der Waals surface area (Å²) in [5.41, 5.74) is 0.0932. The second-order valence-corrected chi connectivity index (χ2v) is 5.95. The number of benzene rings is 1. The molecule has 1 atom stereocenters. The molecular weight excluding hydrogens is 274 g/mol. The number of halogens is 2. The molecule has 1 aromatic carbocycles. The molecule has 5 heteroatoms. The third kappa shape index (κ3) is 2.33. The van der Waals surface area contributed by atoms with E-state index in [2.05, 4.69) is 5.32 Å². The molecule has 0 bridgehead atoms. The Labute approximate surface area is 123 Å². The highest BCUT2D eigenvalue weighted by Crippen LogP contribution is 2.39. The summed E-state index contributed by atoms with van der Waals surface area (Å²) in [6.07, 6.45) is 4.49. The van der Waals surface area contributed by atoms with Crippen LogP contribution in [0.3, 0.4) is 0 Å². The lowest BCUT2D eigenvalue weighted by atomic mass is 9.81. The Morgan fingerprint density at radius 1 is 1.24 bits per heavy atom. The smallest absolute Gasteiger partial charge is 0.244 e. The Hall–Kier alpha value is -1.49. The number of hydrogen-bond donors (Lipinski definition) is 1. The molecule has 1 N–H and O–H groups in total. The van der Waals surface area contributed by atoms with E-state index in [9.17, 15) is 13.6 Å². The Kier molecular flexibility index (Phi) is 3.69. The summed E-state index contributed by atoms with van der Waals surface area (Å²) in [7, 11) is 0. The first-order valence-electron chi connectivity index (χ1n) is 7.61. The summed E-state index contributed by atoms with van der Waals surface area (Å²) in [5.74, 6) is -1.64. The first-order chi connectivity index (χ1) is 10.1. The summed E-state index contributed by atoms with van der Waals surface area (Å²) >= 11 is 0. The van der Waals surface area contributed by atoms with Crippen LogP contribution in [0.4, 0.5) is 8.78 Å². The number of carbonyl (C=O) groups excluding carboxylic acids is 1. The van der Waals surface area contributed by atoms with E-state index in [1.54, 1.807) is 11.0 Å². The van der Waals surface area contributed by atoms with Gasteiger partial charge in [-0.3, -0.25) is 10.1 Å². The molecule has 2 aliphatic rings. The van der Waals surface area contributed by atoms with Gasteiger partial charge < -0.3 is 4.90 Å². The van der Waals surface area contributed by atoms with Gasteiger partial charge in [-0.1, -0.05) is 25.3 Å². The molecule has 3 nitrogen and oxygen atoms in total. The second-order valence-electron chi connectivity index (χ2n) is 5.95. The zero-order chi connectivity index (χ0) is 15.0. The molecule has 0 unspecified atom stereocenters. The van der Waals surface area contributed by atoms with Crippen molar-refractivity contribution < 1.29 is 13.6 Å². The largest absolute Gasteiger partial charge is 0.322 e. The summed E-state index contributed by atoms with van der Waals surface area (Å²) in [4.78, 5) is 14.5. The Morgan fingerprint density at radius 3 is 2.57 bits per heavy atom. The third-order valence-electron chi connectivity index (χ3n) is 4.70. The van der Waals surface area contributed by atoms with E-state index in [4.69, 9.17) is 0 Å². The van der Waals surface area contributed by atoms with Crippen molar-refractivity contribution in [2.45, 2.75) is 50.7 Å². The van der Waals surface area contributed by atoms with Crippen LogP contribution in [0.2, 0.25) is 0 Å². The Bertz CT molecular complexity index is 555. The average Bonchev–Trinajstić information content (AvgIpc) is 2.76. The fraction of sp³-hybridized carbons (Fsp3) is 0.562. The van der Waals surface area contributed by atoms with Crippen LogP contribution in [-0.2, 0) is 4.79 Å². The molecule has 1 heterocycles. The fourth-order valence-corrected chi connectivity index (χ4v) is 3.58. The van der Waals surface area contributed by atoms with Crippen molar-refractivity contribution in [1.82, 2.24) is 10.2 Å². The number of carbonyl (C=O) groups is 1. The van der Waals surface area contributed by atoms with Crippen molar-refractivity contribution in [3.05, 3.63) is 35.4 Å². The molecule has 21 heavy (non-hydrogen) atoms. The first kappa shape index (κ1) is 14.4. The number of hydrogen-bond acceptors (Lipinski definition) is 2. The van der Waals surface area contributed by atoms with Gasteiger partial charge in [0.05, 0.1) is 5.54 Å². The van der Waals surface area contributed by atoms with Gasteiger partial charge in [-0.05, 0) is 37.5 Å². The maximum Gasteiger partial charge on any atom is 0.244 e. The lowest BCUT2D eigenvalue weighted by molar-refractivity contribution is -0.134. The van der Waals surface area contributed by atoms with Crippen molar-refractivity contribution in [2.75, 3.05) is 6.54 Å². The van der Waals surface area contributed by atoms with E-state index in [-0.39, 0.29) is 12.1 Å². The highest BCUT2D eigenvalue weighted by molar-refractivity contribution is 5.89. The van der Waals surface area contributed by atoms with Crippen LogP contribution in [0.5, 0.6) is 0 Å². The normalized spacial score (nSPS) is 24.8. The molecule has 1 aromatic rings. The predicted octanol–water partition coefficient (Wildman–Crippen LogP) is 3.12. The van der Waals surface area contributed by atoms with E-state index in [1.807, 2.05) is 6.92 Å². The summed E-state index contributed by atoms with van der Waals surface area (Å²) in [5, 5.41) is 3.41. The summed E-state index contributed by atoms with van der Waals surface area (Å²) < 4.78 is 26.6. The predicted molar refractivity (Wildman–Crippen MR) is 75.4 cm³/mol. The monoisotopic (exact) mass is 294 g/mol. The van der Waals surface area contributed by atoms with Crippen molar-refractivity contribution in [2.24, 2.45) is 0 Å². The zero-order valence-corrected chi connectivity index (χ0v) is 12.2. The van der Waals surface area contributed by atoms with Crippen LogP contribution in [0.15, 0.2) is 18.2 Å². The Balaban J connectivity index is 1.94. The van der Waals surface area contributed by atoms with E-state index in [1.165, 1.54) is 6.07 Å². The van der Waals surface area contributed by atoms with Crippen molar-refractivity contribution in [3.8, 4) is 0 Å². The van der Waals surface area contributed by atoms with Crippen LogP contribution in [0.1, 0.15) is 50.8 Å². The lowest BCUT2D eigenvalue weighted by Crippen LogP contribution is -2.48. The fourth-order valence-electron chi connectivity index (χ4n) is 3.58. The van der Waals surface area contributed by atoms with Gasteiger partial charge in [0.25, 0.3) is 0 Å². The quantitative estimate of drug-likeness (QED) is 0.909. The van der Waals surface area contributed by atoms with Crippen LogP contribution in [0, 0.1) is 11.6 Å². The molecule has 114 valence electrons. The van der Waals surface area contributed by atoms with Gasteiger partial charge >= 0.3 is 0 Å². The number of likely N-dealkylation sites (N-methyl/N-ethyl adjacent to an activating group) is 1. The maximum atomic E-state index is 13.5. The van der Waals surface area contributed by atoms with Gasteiger partial charge in [-0.25, -0.2) is 8.78 Å². The standard InChI is InChI=1S/C16H20F2N2O/c1-2-20-14(11-6-7-12(17)13(18)10-11)19-16(15(20)21)8-4-3-5-9-16/h6-7,10,14,19H,2-5,8-9H2,1H3/t14-/m0/s1. The van der Waals surface area contributed by atoms with Gasteiger partial charge in [0.1, 0.15) is 6.17 Å². The molecule has 1 aliphatic heterocycles. The minimum absolute atomic E-state index is 0.0967. The van der Waals surface area contributed by atoms with E-state index in [0.29, 0.717) is 12.1 Å². The molecular formula is C16H20F2N2O. The zero-order valence-electron chi connectivity index (χ0n) is 12.2. The SMILES string of the molecule is CCN1C(=O)C2(CCCCC2)N[C@@H]1c1ccc(F)c(F)c1. The van der Waals surface area contributed by atoms with E-state index >= 15 is 0 Å². The minimum Gasteiger partial charge on any atom is -0.322 e. The molecule has 1 spiro atoms. The number of nitrogens with one attached hydrogen (secondary N) is 1. The summed E-state index contributed by atoms with van der Waals surface area (Å²) in [6, 6.07) is 3.86. The molecule has 1 aliphatic carbocycles. The molecule has 3 rings (SSSR count). The van der Waals surface area contributed by atoms with Crippen LogP contribution >= 0.6 is 0 Å². The van der Waals surface area contributed by atoms with Crippen molar-refractivity contribution >= 4 is 5.91 Å². The highest BCUT2D eigenvalue weighted by Gasteiger charge is 2.51. The topological polar surface area (TPSA) is 32.3 Å². The lowest BCUT2D eigenvalue weighted by Gasteiger charge is -2.31.